The molecule has 0 saturated heterocycles. The number of fused-ring (bicyclic) bond motifs is 1. The summed E-state index contributed by atoms with van der Waals surface area (Å²) in [7, 11) is 0. The average molecular weight is 394 g/mol. The number of aromatic hydroxyl groups is 1. The zero-order chi connectivity index (χ0) is 20.7. The lowest BCUT2D eigenvalue weighted by molar-refractivity contribution is 0.470. The summed E-state index contributed by atoms with van der Waals surface area (Å²) in [6.45, 7) is 6.33. The highest BCUT2D eigenvalue weighted by atomic mass is 19.1. The number of anilines is 2. The highest BCUT2D eigenvalue weighted by Gasteiger charge is 2.27. The van der Waals surface area contributed by atoms with Crippen molar-refractivity contribution in [3.05, 3.63) is 65.0 Å². The lowest BCUT2D eigenvalue weighted by Crippen LogP contribution is -2.26. The molecule has 148 valence electrons. The molecule has 0 radical (unpaired) electrons. The maximum atomic E-state index is 14.8. The summed E-state index contributed by atoms with van der Waals surface area (Å²) >= 11 is 0. The molecule has 0 unspecified atom stereocenters. The second kappa shape index (κ2) is 7.24. The predicted octanol–water partition coefficient (Wildman–Crippen LogP) is 5.09. The minimum Gasteiger partial charge on any atom is -0.507 e. The number of aromatic nitrogens is 2. The van der Waals surface area contributed by atoms with Crippen LogP contribution in [0.5, 0.6) is 5.75 Å². The molecule has 0 saturated carbocycles. The van der Waals surface area contributed by atoms with Crippen molar-refractivity contribution in [3.8, 4) is 17.0 Å². The summed E-state index contributed by atoms with van der Waals surface area (Å²) in [5.74, 6) is -1.25. The van der Waals surface area contributed by atoms with E-state index in [0.29, 0.717) is 11.4 Å². The van der Waals surface area contributed by atoms with Crippen LogP contribution in [0.3, 0.4) is 0 Å². The largest absolute Gasteiger partial charge is 0.507 e. The van der Waals surface area contributed by atoms with Crippen molar-refractivity contribution in [1.29, 1.82) is 0 Å². The fourth-order valence-corrected chi connectivity index (χ4v) is 3.54. The number of rotatable bonds is 3. The summed E-state index contributed by atoms with van der Waals surface area (Å²) < 4.78 is 29.2. The number of phenols is 1. The summed E-state index contributed by atoms with van der Waals surface area (Å²) in [4.78, 5) is 15.1. The summed E-state index contributed by atoms with van der Waals surface area (Å²) in [6, 6.07) is 6.99. The molecular formula is C22H20F2N4O. The number of pyridine rings is 2. The normalized spacial score (nSPS) is 13.1. The first-order valence-electron chi connectivity index (χ1n) is 9.29. The number of hydrogen-bond donors (Lipinski definition) is 1. The van der Waals surface area contributed by atoms with Crippen LogP contribution >= 0.6 is 0 Å². The molecule has 4 rings (SSSR count). The summed E-state index contributed by atoms with van der Waals surface area (Å²) in [5.41, 5.74) is 2.67. The average Bonchev–Trinajstić information content (AvgIpc) is 2.67. The summed E-state index contributed by atoms with van der Waals surface area (Å²) in [6.07, 6.45) is 3.30. The van der Waals surface area contributed by atoms with E-state index in [1.807, 2.05) is 31.7 Å². The first-order chi connectivity index (χ1) is 13.9. The fourth-order valence-electron chi connectivity index (χ4n) is 3.54. The van der Waals surface area contributed by atoms with Gasteiger partial charge in [-0.15, -0.1) is 0 Å². The number of benzene rings is 1. The van der Waals surface area contributed by atoms with E-state index in [1.165, 1.54) is 18.2 Å². The van der Waals surface area contributed by atoms with Crippen LogP contribution in [0, 0.1) is 18.6 Å². The third kappa shape index (κ3) is 3.22. The number of phenolic OH excluding ortho intramolecular Hbond substituents is 1. The molecule has 3 aromatic rings. The Morgan fingerprint density at radius 1 is 1.14 bits per heavy atom. The van der Waals surface area contributed by atoms with Crippen molar-refractivity contribution in [3.63, 3.8) is 0 Å². The zero-order valence-electron chi connectivity index (χ0n) is 16.3. The van der Waals surface area contributed by atoms with Crippen molar-refractivity contribution in [1.82, 2.24) is 9.97 Å². The molecule has 0 bridgehead atoms. The SMILES string of the molecule is Cc1ccnc(C(C)C)c1N1CN=Cc2cc(F)c(-c3c(O)cccc3F)nc21. The van der Waals surface area contributed by atoms with Gasteiger partial charge in [0.05, 0.1) is 16.9 Å². The maximum Gasteiger partial charge on any atom is 0.150 e. The Kier molecular flexibility index (Phi) is 4.74. The van der Waals surface area contributed by atoms with Gasteiger partial charge in [-0.1, -0.05) is 19.9 Å². The van der Waals surface area contributed by atoms with Crippen molar-refractivity contribution < 1.29 is 13.9 Å². The Bertz CT molecular complexity index is 1110. The van der Waals surface area contributed by atoms with Gasteiger partial charge in [-0.3, -0.25) is 9.98 Å². The Balaban J connectivity index is 1.95. The molecular weight excluding hydrogens is 374 g/mol. The molecule has 0 amide bonds. The fraction of sp³-hybridized carbons (Fsp3) is 0.227. The quantitative estimate of drug-likeness (QED) is 0.672. The van der Waals surface area contributed by atoms with Gasteiger partial charge in [0.25, 0.3) is 0 Å². The highest BCUT2D eigenvalue weighted by Crippen LogP contribution is 2.39. The van der Waals surface area contributed by atoms with Gasteiger partial charge in [0.15, 0.2) is 5.82 Å². The Hall–Kier alpha value is -3.35. The topological polar surface area (TPSA) is 61.6 Å². The van der Waals surface area contributed by atoms with Crippen LogP contribution in [-0.2, 0) is 0 Å². The third-order valence-corrected chi connectivity index (χ3v) is 4.89. The van der Waals surface area contributed by atoms with E-state index in [2.05, 4.69) is 15.0 Å². The van der Waals surface area contributed by atoms with Crippen LogP contribution in [0.4, 0.5) is 20.3 Å². The number of hydrogen-bond acceptors (Lipinski definition) is 5. The van der Waals surface area contributed by atoms with Crippen molar-refractivity contribution in [2.75, 3.05) is 11.6 Å². The molecule has 0 spiro atoms. The first kappa shape index (κ1) is 19.0. The van der Waals surface area contributed by atoms with E-state index in [0.717, 1.165) is 23.0 Å². The smallest absolute Gasteiger partial charge is 0.150 e. The van der Waals surface area contributed by atoms with Crippen LogP contribution in [0.1, 0.15) is 36.6 Å². The van der Waals surface area contributed by atoms with E-state index in [4.69, 9.17) is 0 Å². The number of aliphatic imine (C=N–C) groups is 1. The molecule has 3 heterocycles. The number of aryl methyl sites for hydroxylation is 1. The zero-order valence-corrected chi connectivity index (χ0v) is 16.3. The summed E-state index contributed by atoms with van der Waals surface area (Å²) in [5, 5.41) is 10.1. The van der Waals surface area contributed by atoms with Crippen LogP contribution in [-0.4, -0.2) is 28.0 Å². The van der Waals surface area contributed by atoms with Gasteiger partial charge in [0.1, 0.15) is 29.7 Å². The standard InChI is InChI=1S/C22H20F2N4O/c1-12(2)19-21(13(3)7-8-26-19)28-11-25-10-14-9-16(24)20(27-22(14)28)18-15(23)5-4-6-17(18)29/h4-10,12,29H,11H2,1-3H3. The minimum atomic E-state index is -0.743. The lowest BCUT2D eigenvalue weighted by atomic mass is 10.0. The molecule has 0 fully saturated rings. The van der Waals surface area contributed by atoms with Gasteiger partial charge in [0.2, 0.25) is 0 Å². The van der Waals surface area contributed by atoms with Crippen LogP contribution in [0.15, 0.2) is 41.5 Å². The van der Waals surface area contributed by atoms with Gasteiger partial charge in [-0.25, -0.2) is 13.8 Å². The lowest BCUT2D eigenvalue weighted by Gasteiger charge is -2.30. The van der Waals surface area contributed by atoms with Crippen LogP contribution in [0.25, 0.3) is 11.3 Å². The van der Waals surface area contributed by atoms with Crippen LogP contribution in [0.2, 0.25) is 0 Å². The number of nitrogens with zero attached hydrogens (tertiary/aromatic N) is 4. The van der Waals surface area contributed by atoms with E-state index >= 15 is 0 Å². The van der Waals surface area contributed by atoms with Gasteiger partial charge in [0, 0.05) is 18.0 Å². The van der Waals surface area contributed by atoms with E-state index in [9.17, 15) is 13.9 Å². The van der Waals surface area contributed by atoms with Gasteiger partial charge < -0.3 is 10.0 Å². The molecule has 2 aromatic heterocycles. The molecule has 0 atom stereocenters. The van der Waals surface area contributed by atoms with Gasteiger partial charge in [-0.05, 0) is 42.7 Å². The Morgan fingerprint density at radius 2 is 1.93 bits per heavy atom. The van der Waals surface area contributed by atoms with Gasteiger partial charge >= 0.3 is 0 Å². The first-order valence-corrected chi connectivity index (χ1v) is 9.29. The molecule has 1 N–H and O–H groups in total. The molecule has 0 aliphatic carbocycles. The number of halogens is 2. The maximum absolute atomic E-state index is 14.8. The monoisotopic (exact) mass is 394 g/mol. The molecule has 29 heavy (non-hydrogen) atoms. The molecule has 1 aliphatic rings. The highest BCUT2D eigenvalue weighted by molar-refractivity contribution is 5.92. The predicted molar refractivity (Wildman–Crippen MR) is 109 cm³/mol. The molecule has 1 aliphatic heterocycles. The molecule has 1 aromatic carbocycles. The molecule has 5 nitrogen and oxygen atoms in total. The van der Waals surface area contributed by atoms with Crippen molar-refractivity contribution >= 4 is 17.7 Å². The second-order valence-electron chi connectivity index (χ2n) is 7.26. The Labute approximate surface area is 167 Å². The van der Waals surface area contributed by atoms with Crippen molar-refractivity contribution in [2.45, 2.75) is 26.7 Å². The van der Waals surface area contributed by atoms with E-state index < -0.39 is 11.6 Å². The van der Waals surface area contributed by atoms with Crippen molar-refractivity contribution in [2.24, 2.45) is 4.99 Å². The molecule has 7 heteroatoms. The Morgan fingerprint density at radius 3 is 2.66 bits per heavy atom. The van der Waals surface area contributed by atoms with Gasteiger partial charge in [-0.2, -0.15) is 0 Å². The minimum absolute atomic E-state index is 0.148. The third-order valence-electron chi connectivity index (χ3n) is 4.89. The van der Waals surface area contributed by atoms with Crippen LogP contribution < -0.4 is 4.90 Å². The van der Waals surface area contributed by atoms with E-state index in [1.54, 1.807) is 12.4 Å². The van der Waals surface area contributed by atoms with E-state index in [-0.39, 0.29) is 29.6 Å². The second-order valence-corrected chi connectivity index (χ2v) is 7.26.